The molecular weight excluding hydrogens is 210 g/mol. The quantitative estimate of drug-likeness (QED) is 0.785. The lowest BCUT2D eigenvalue weighted by Gasteiger charge is -2.50. The summed E-state index contributed by atoms with van der Waals surface area (Å²) in [6.45, 7) is 5.80. The van der Waals surface area contributed by atoms with Crippen LogP contribution in [0.15, 0.2) is 0 Å². The molecule has 2 bridgehead atoms. The van der Waals surface area contributed by atoms with Gasteiger partial charge in [-0.2, -0.15) is 0 Å². The first kappa shape index (κ1) is 11.9. The van der Waals surface area contributed by atoms with Gasteiger partial charge in [-0.3, -0.25) is 4.90 Å². The van der Waals surface area contributed by atoms with Crippen LogP contribution in [-0.4, -0.2) is 54.1 Å². The highest BCUT2D eigenvalue weighted by Crippen LogP contribution is 2.43. The van der Waals surface area contributed by atoms with E-state index in [1.165, 1.54) is 45.2 Å². The van der Waals surface area contributed by atoms with Gasteiger partial charge in [-0.1, -0.05) is 6.92 Å². The maximum Gasteiger partial charge on any atom is 0.0361 e. The average molecular weight is 237 g/mol. The molecule has 0 amide bonds. The zero-order chi connectivity index (χ0) is 12.0. The van der Waals surface area contributed by atoms with E-state index in [-0.39, 0.29) is 0 Å². The molecule has 3 rings (SSSR count). The second-order valence-corrected chi connectivity index (χ2v) is 6.73. The number of nitrogens with zero attached hydrogens (tertiary/aromatic N) is 2. The Labute approximate surface area is 105 Å². The minimum atomic E-state index is 0.336. The summed E-state index contributed by atoms with van der Waals surface area (Å²) in [5, 5.41) is 0. The number of fused-ring (bicyclic) bond motifs is 2. The van der Waals surface area contributed by atoms with Crippen LogP contribution >= 0.6 is 0 Å². The average Bonchev–Trinajstić information content (AvgIpc) is 2.82. The van der Waals surface area contributed by atoms with Gasteiger partial charge in [0.15, 0.2) is 0 Å². The SMILES string of the molecule is CC1CCN(C2(CN)CC3CCC(C2)N3C)C1. The first-order chi connectivity index (χ1) is 8.14. The Bertz CT molecular complexity index is 277. The normalized spacial score (nSPS) is 47.8. The highest BCUT2D eigenvalue weighted by molar-refractivity contribution is 5.07. The van der Waals surface area contributed by atoms with Gasteiger partial charge in [-0.05, 0) is 51.6 Å². The summed E-state index contributed by atoms with van der Waals surface area (Å²) in [7, 11) is 2.31. The summed E-state index contributed by atoms with van der Waals surface area (Å²) in [5.41, 5.74) is 6.54. The zero-order valence-electron chi connectivity index (χ0n) is 11.4. The standard InChI is InChI=1S/C14H27N3/c1-11-5-6-17(9-11)14(10-15)7-12-3-4-13(8-14)16(12)2/h11-13H,3-10,15H2,1-2H3. The Balaban J connectivity index is 1.79. The Morgan fingerprint density at radius 3 is 2.29 bits per heavy atom. The van der Waals surface area contributed by atoms with Crippen LogP contribution in [0.5, 0.6) is 0 Å². The second kappa shape index (κ2) is 4.22. The van der Waals surface area contributed by atoms with E-state index in [1.807, 2.05) is 0 Å². The van der Waals surface area contributed by atoms with Crippen molar-refractivity contribution in [2.24, 2.45) is 11.7 Å². The summed E-state index contributed by atoms with van der Waals surface area (Å²) >= 11 is 0. The van der Waals surface area contributed by atoms with Gasteiger partial charge in [0.1, 0.15) is 0 Å². The van der Waals surface area contributed by atoms with Gasteiger partial charge in [0.2, 0.25) is 0 Å². The molecule has 0 aromatic carbocycles. The molecule has 0 aliphatic carbocycles. The summed E-state index contributed by atoms with van der Waals surface area (Å²) in [5.74, 6) is 0.871. The van der Waals surface area contributed by atoms with Crippen LogP contribution in [0.3, 0.4) is 0 Å². The lowest BCUT2D eigenvalue weighted by atomic mass is 9.81. The molecule has 3 heteroatoms. The van der Waals surface area contributed by atoms with E-state index >= 15 is 0 Å². The van der Waals surface area contributed by atoms with E-state index in [2.05, 4.69) is 23.8 Å². The Morgan fingerprint density at radius 1 is 1.18 bits per heavy atom. The van der Waals surface area contributed by atoms with E-state index in [4.69, 9.17) is 5.73 Å². The number of hydrogen-bond acceptors (Lipinski definition) is 3. The first-order valence-corrected chi connectivity index (χ1v) is 7.32. The number of rotatable bonds is 2. The number of nitrogens with two attached hydrogens (primary N) is 1. The van der Waals surface area contributed by atoms with E-state index in [0.29, 0.717) is 5.54 Å². The molecule has 0 aromatic heterocycles. The topological polar surface area (TPSA) is 32.5 Å². The number of likely N-dealkylation sites (tertiary alicyclic amines) is 1. The molecule has 3 atom stereocenters. The monoisotopic (exact) mass is 237 g/mol. The molecule has 3 fully saturated rings. The predicted molar refractivity (Wildman–Crippen MR) is 70.9 cm³/mol. The van der Waals surface area contributed by atoms with Gasteiger partial charge in [0.25, 0.3) is 0 Å². The molecule has 3 aliphatic heterocycles. The van der Waals surface area contributed by atoms with Crippen LogP contribution in [0.2, 0.25) is 0 Å². The van der Waals surface area contributed by atoms with Crippen molar-refractivity contribution in [2.75, 3.05) is 26.7 Å². The van der Waals surface area contributed by atoms with Crippen LogP contribution in [0.4, 0.5) is 0 Å². The van der Waals surface area contributed by atoms with Crippen molar-refractivity contribution in [1.82, 2.24) is 9.80 Å². The first-order valence-electron chi connectivity index (χ1n) is 7.32. The van der Waals surface area contributed by atoms with Gasteiger partial charge in [-0.15, -0.1) is 0 Å². The fourth-order valence-electron chi connectivity index (χ4n) is 4.46. The van der Waals surface area contributed by atoms with Crippen molar-refractivity contribution in [3.05, 3.63) is 0 Å². The van der Waals surface area contributed by atoms with Gasteiger partial charge in [0, 0.05) is 30.7 Å². The fraction of sp³-hybridized carbons (Fsp3) is 1.00. The molecule has 3 aliphatic rings. The third-order valence-corrected chi connectivity index (χ3v) is 5.69. The molecule has 3 saturated heterocycles. The van der Waals surface area contributed by atoms with Crippen molar-refractivity contribution < 1.29 is 0 Å². The number of hydrogen-bond donors (Lipinski definition) is 1. The zero-order valence-corrected chi connectivity index (χ0v) is 11.4. The minimum absolute atomic E-state index is 0.336. The summed E-state index contributed by atoms with van der Waals surface area (Å²) < 4.78 is 0. The molecule has 3 heterocycles. The second-order valence-electron chi connectivity index (χ2n) is 6.73. The smallest absolute Gasteiger partial charge is 0.0361 e. The predicted octanol–water partition coefficient (Wildman–Crippen LogP) is 1.28. The lowest BCUT2D eigenvalue weighted by Crippen LogP contribution is -2.61. The fourth-order valence-corrected chi connectivity index (χ4v) is 4.46. The van der Waals surface area contributed by atoms with Crippen LogP contribution < -0.4 is 5.73 Å². The van der Waals surface area contributed by atoms with Crippen LogP contribution in [0, 0.1) is 5.92 Å². The Morgan fingerprint density at radius 2 is 1.82 bits per heavy atom. The number of piperidine rings is 1. The van der Waals surface area contributed by atoms with Crippen LogP contribution in [0.25, 0.3) is 0 Å². The van der Waals surface area contributed by atoms with Crippen molar-refractivity contribution in [3.8, 4) is 0 Å². The molecule has 98 valence electrons. The van der Waals surface area contributed by atoms with E-state index in [9.17, 15) is 0 Å². The third kappa shape index (κ3) is 1.83. The largest absolute Gasteiger partial charge is 0.329 e. The van der Waals surface area contributed by atoms with E-state index < -0.39 is 0 Å². The minimum Gasteiger partial charge on any atom is -0.329 e. The maximum absolute atomic E-state index is 6.20. The van der Waals surface area contributed by atoms with E-state index in [0.717, 1.165) is 24.5 Å². The van der Waals surface area contributed by atoms with E-state index in [1.54, 1.807) is 0 Å². The van der Waals surface area contributed by atoms with Crippen LogP contribution in [-0.2, 0) is 0 Å². The maximum atomic E-state index is 6.20. The molecule has 0 radical (unpaired) electrons. The highest BCUT2D eigenvalue weighted by Gasteiger charge is 2.49. The molecule has 2 N–H and O–H groups in total. The van der Waals surface area contributed by atoms with Crippen molar-refractivity contribution in [1.29, 1.82) is 0 Å². The van der Waals surface area contributed by atoms with Gasteiger partial charge in [-0.25, -0.2) is 0 Å². The summed E-state index contributed by atoms with van der Waals surface area (Å²) in [6.07, 6.45) is 6.78. The van der Waals surface area contributed by atoms with Gasteiger partial charge < -0.3 is 10.6 Å². The van der Waals surface area contributed by atoms with Crippen molar-refractivity contribution >= 4 is 0 Å². The molecule has 17 heavy (non-hydrogen) atoms. The van der Waals surface area contributed by atoms with Crippen LogP contribution in [0.1, 0.15) is 39.0 Å². The molecule has 0 saturated carbocycles. The molecule has 0 aromatic rings. The molecule has 3 nitrogen and oxygen atoms in total. The molecule has 3 unspecified atom stereocenters. The summed E-state index contributed by atoms with van der Waals surface area (Å²) in [6, 6.07) is 1.60. The van der Waals surface area contributed by atoms with Gasteiger partial charge >= 0.3 is 0 Å². The molecular formula is C14H27N3. The Hall–Kier alpha value is -0.120. The lowest BCUT2D eigenvalue weighted by molar-refractivity contribution is 0.0130. The summed E-state index contributed by atoms with van der Waals surface area (Å²) in [4.78, 5) is 5.35. The van der Waals surface area contributed by atoms with Crippen molar-refractivity contribution in [2.45, 2.75) is 56.7 Å². The van der Waals surface area contributed by atoms with Gasteiger partial charge in [0.05, 0.1) is 0 Å². The highest BCUT2D eigenvalue weighted by atomic mass is 15.3. The van der Waals surface area contributed by atoms with Crippen molar-refractivity contribution in [3.63, 3.8) is 0 Å². The molecule has 0 spiro atoms. The Kier molecular flexibility index (Phi) is 2.96. The third-order valence-electron chi connectivity index (χ3n) is 5.69.